The molecule has 0 aromatic heterocycles. The average molecular weight is 192 g/mol. The third-order valence-corrected chi connectivity index (χ3v) is 1.68. The molecular weight excluding hydrogens is 184 g/mol. The summed E-state index contributed by atoms with van der Waals surface area (Å²) in [6.07, 6.45) is 0.747. The average Bonchev–Trinajstić information content (AvgIpc) is 2.18. The van der Waals surface area contributed by atoms with E-state index >= 15 is 0 Å². The van der Waals surface area contributed by atoms with E-state index in [9.17, 15) is 4.79 Å². The zero-order valence-corrected chi connectivity index (χ0v) is 7.91. The van der Waals surface area contributed by atoms with Gasteiger partial charge in [0.1, 0.15) is 0 Å². The molecule has 1 amide bonds. The number of nitrogens with zero attached hydrogens (tertiary/aromatic N) is 2. The second-order valence-electron chi connectivity index (χ2n) is 2.44. The smallest absolute Gasteiger partial charge is 0.213 e. The topological polar surface area (TPSA) is 32.7 Å². The van der Waals surface area contributed by atoms with Crippen LogP contribution < -0.4 is 4.90 Å². The first-order valence-corrected chi connectivity index (χ1v) is 4.05. The quantitative estimate of drug-likeness (QED) is 0.417. The van der Waals surface area contributed by atoms with E-state index in [1.54, 1.807) is 31.3 Å². The molecule has 0 heterocycles. The molecule has 0 atom stereocenters. The summed E-state index contributed by atoms with van der Waals surface area (Å²) in [4.78, 5) is 15.7. The normalized spacial score (nSPS) is 8.69. The lowest BCUT2D eigenvalue weighted by Gasteiger charge is -2.09. The highest BCUT2D eigenvalue weighted by Gasteiger charge is 1.96. The molecule has 0 saturated heterocycles. The van der Waals surface area contributed by atoms with Gasteiger partial charge in [-0.2, -0.15) is 4.99 Å². The summed E-state index contributed by atoms with van der Waals surface area (Å²) in [5, 5.41) is 2.27. The van der Waals surface area contributed by atoms with Crippen molar-refractivity contribution in [3.05, 3.63) is 24.3 Å². The molecule has 1 aromatic carbocycles. The number of rotatable bonds is 3. The van der Waals surface area contributed by atoms with Crippen molar-refractivity contribution in [3.63, 3.8) is 0 Å². The van der Waals surface area contributed by atoms with Crippen LogP contribution >= 0.6 is 12.2 Å². The van der Waals surface area contributed by atoms with Crippen molar-refractivity contribution in [2.45, 2.75) is 0 Å². The Kier molecular flexibility index (Phi) is 3.31. The Morgan fingerprint density at radius 2 is 2.08 bits per heavy atom. The molecule has 66 valence electrons. The van der Waals surface area contributed by atoms with Gasteiger partial charge in [0, 0.05) is 12.7 Å². The van der Waals surface area contributed by atoms with Gasteiger partial charge in [-0.15, -0.1) is 0 Å². The molecule has 0 N–H and O–H groups in total. The molecule has 0 radical (unpaired) electrons. The van der Waals surface area contributed by atoms with E-state index in [4.69, 9.17) is 0 Å². The van der Waals surface area contributed by atoms with Gasteiger partial charge in [-0.05, 0) is 36.5 Å². The second kappa shape index (κ2) is 4.50. The summed E-state index contributed by atoms with van der Waals surface area (Å²) in [7, 11) is 1.68. The number of aliphatic imine (C=N–C) groups is 1. The van der Waals surface area contributed by atoms with Crippen molar-refractivity contribution in [1.82, 2.24) is 0 Å². The maximum absolute atomic E-state index is 10.4. The molecule has 1 rings (SSSR count). The molecule has 0 aliphatic heterocycles. The van der Waals surface area contributed by atoms with E-state index in [2.05, 4.69) is 22.4 Å². The van der Waals surface area contributed by atoms with Crippen LogP contribution in [0.3, 0.4) is 0 Å². The van der Waals surface area contributed by atoms with Gasteiger partial charge < -0.3 is 4.90 Å². The van der Waals surface area contributed by atoms with Crippen molar-refractivity contribution in [1.29, 1.82) is 0 Å². The lowest BCUT2D eigenvalue weighted by molar-refractivity contribution is -0.107. The molecular formula is C9H8N2OS. The van der Waals surface area contributed by atoms with Crippen LogP contribution in [0.15, 0.2) is 29.3 Å². The number of isothiocyanates is 1. The maximum Gasteiger partial charge on any atom is 0.213 e. The summed E-state index contributed by atoms with van der Waals surface area (Å²) >= 11 is 4.46. The van der Waals surface area contributed by atoms with E-state index in [0.29, 0.717) is 0 Å². The van der Waals surface area contributed by atoms with Crippen molar-refractivity contribution in [2.24, 2.45) is 4.99 Å². The fraction of sp³-hybridized carbons (Fsp3) is 0.111. The van der Waals surface area contributed by atoms with E-state index in [1.165, 1.54) is 4.90 Å². The Balaban J connectivity index is 2.92. The summed E-state index contributed by atoms with van der Waals surface area (Å²) in [5.41, 5.74) is 1.55. The Labute approximate surface area is 81.7 Å². The van der Waals surface area contributed by atoms with Crippen LogP contribution in [0.5, 0.6) is 0 Å². The van der Waals surface area contributed by atoms with Gasteiger partial charge in [-0.3, -0.25) is 4.79 Å². The van der Waals surface area contributed by atoms with Gasteiger partial charge in [0.2, 0.25) is 6.41 Å². The van der Waals surface area contributed by atoms with E-state index < -0.39 is 0 Å². The molecule has 13 heavy (non-hydrogen) atoms. The van der Waals surface area contributed by atoms with Gasteiger partial charge >= 0.3 is 0 Å². The van der Waals surface area contributed by atoms with Crippen LogP contribution in [0.2, 0.25) is 0 Å². The first-order valence-electron chi connectivity index (χ1n) is 3.64. The summed E-state index contributed by atoms with van der Waals surface area (Å²) in [6, 6.07) is 7.13. The Morgan fingerprint density at radius 1 is 1.46 bits per heavy atom. The van der Waals surface area contributed by atoms with Crippen molar-refractivity contribution in [3.8, 4) is 0 Å². The van der Waals surface area contributed by atoms with Crippen molar-refractivity contribution in [2.75, 3.05) is 11.9 Å². The van der Waals surface area contributed by atoms with Gasteiger partial charge in [0.15, 0.2) is 0 Å². The van der Waals surface area contributed by atoms with Gasteiger partial charge in [-0.25, -0.2) is 0 Å². The predicted octanol–water partition coefficient (Wildman–Crippen LogP) is 2.01. The monoisotopic (exact) mass is 192 g/mol. The lowest BCUT2D eigenvalue weighted by Crippen LogP contribution is -2.12. The minimum atomic E-state index is 0.734. The number of carbonyl (C=O) groups is 1. The zero-order chi connectivity index (χ0) is 9.68. The molecule has 0 spiro atoms. The summed E-state index contributed by atoms with van der Waals surface area (Å²) in [6.45, 7) is 0. The molecule has 1 aromatic rings. The zero-order valence-electron chi connectivity index (χ0n) is 7.10. The Hall–Kier alpha value is -1.51. The number of thiocarbonyl (C=S) groups is 1. The van der Waals surface area contributed by atoms with Crippen LogP contribution in [-0.4, -0.2) is 18.6 Å². The van der Waals surface area contributed by atoms with E-state index in [-0.39, 0.29) is 0 Å². The fourth-order valence-corrected chi connectivity index (χ4v) is 0.981. The van der Waals surface area contributed by atoms with Crippen LogP contribution in [0, 0.1) is 0 Å². The van der Waals surface area contributed by atoms with Gasteiger partial charge in [-0.1, -0.05) is 0 Å². The molecule has 0 bridgehead atoms. The highest BCUT2D eigenvalue weighted by Crippen LogP contribution is 2.17. The van der Waals surface area contributed by atoms with Crippen LogP contribution in [0.1, 0.15) is 0 Å². The largest absolute Gasteiger partial charge is 0.318 e. The third kappa shape index (κ3) is 2.47. The van der Waals surface area contributed by atoms with E-state index in [1.807, 2.05) is 0 Å². The van der Waals surface area contributed by atoms with Crippen molar-refractivity contribution >= 4 is 35.2 Å². The number of hydrogen-bond acceptors (Lipinski definition) is 3. The number of carbonyl (C=O) groups excluding carboxylic acids is 1. The third-order valence-electron chi connectivity index (χ3n) is 1.59. The van der Waals surface area contributed by atoms with Crippen molar-refractivity contribution < 1.29 is 4.79 Å². The molecule has 0 aliphatic carbocycles. The highest BCUT2D eigenvalue weighted by molar-refractivity contribution is 7.78. The Bertz CT molecular complexity index is 341. The first-order chi connectivity index (χ1) is 6.27. The highest BCUT2D eigenvalue weighted by atomic mass is 32.1. The molecule has 0 unspecified atom stereocenters. The maximum atomic E-state index is 10.4. The standard InChI is InChI=1S/C9H8N2OS/c1-11(7-12)9-4-2-8(3-5-9)10-6-13/h2-5,7H,1H3. The minimum Gasteiger partial charge on any atom is -0.318 e. The van der Waals surface area contributed by atoms with Crippen LogP contribution in [0.25, 0.3) is 0 Å². The Morgan fingerprint density at radius 3 is 2.54 bits per heavy atom. The predicted molar refractivity (Wildman–Crippen MR) is 55.6 cm³/mol. The van der Waals surface area contributed by atoms with E-state index in [0.717, 1.165) is 17.8 Å². The number of benzene rings is 1. The molecule has 0 saturated carbocycles. The second-order valence-corrected chi connectivity index (χ2v) is 2.62. The fourth-order valence-electron chi connectivity index (χ4n) is 0.876. The lowest BCUT2D eigenvalue weighted by atomic mass is 10.3. The number of anilines is 1. The SMILES string of the molecule is CN(C=O)c1ccc(N=C=S)cc1. The molecule has 0 aliphatic rings. The van der Waals surface area contributed by atoms with Crippen LogP contribution in [0.4, 0.5) is 11.4 Å². The molecule has 0 fully saturated rings. The van der Waals surface area contributed by atoms with Gasteiger partial charge in [0.05, 0.1) is 10.8 Å². The first kappa shape index (κ1) is 9.58. The van der Waals surface area contributed by atoms with Gasteiger partial charge in [0.25, 0.3) is 0 Å². The summed E-state index contributed by atoms with van der Waals surface area (Å²) < 4.78 is 0. The van der Waals surface area contributed by atoms with Crippen LogP contribution in [-0.2, 0) is 4.79 Å². The molecule has 4 heteroatoms. The minimum absolute atomic E-state index is 0.734. The summed E-state index contributed by atoms with van der Waals surface area (Å²) in [5.74, 6) is 0. The number of amides is 1. The number of hydrogen-bond donors (Lipinski definition) is 0. The molecule has 3 nitrogen and oxygen atoms in total.